The molecule has 1 amide bonds. The number of fused-ring (bicyclic) bond motifs is 1. The summed E-state index contributed by atoms with van der Waals surface area (Å²) >= 11 is 1.27. The molecular formula is C21H19FN4O2S. The quantitative estimate of drug-likeness (QED) is 0.474. The van der Waals surface area contributed by atoms with Crippen LogP contribution in [-0.4, -0.2) is 48.1 Å². The third-order valence-electron chi connectivity index (χ3n) is 4.39. The summed E-state index contributed by atoms with van der Waals surface area (Å²) in [6, 6.07) is 15.9. The summed E-state index contributed by atoms with van der Waals surface area (Å²) in [7, 11) is 3.84. The fourth-order valence-electron chi connectivity index (χ4n) is 2.86. The summed E-state index contributed by atoms with van der Waals surface area (Å²) in [5.41, 5.74) is 1.28. The van der Waals surface area contributed by atoms with Crippen LogP contribution in [0.3, 0.4) is 0 Å². The van der Waals surface area contributed by atoms with Crippen LogP contribution in [0.15, 0.2) is 59.1 Å². The van der Waals surface area contributed by atoms with Crippen LogP contribution < -0.4 is 4.90 Å². The first kappa shape index (κ1) is 19.2. The van der Waals surface area contributed by atoms with Crippen LogP contribution in [0, 0.1) is 5.82 Å². The highest BCUT2D eigenvalue weighted by Crippen LogP contribution is 2.31. The van der Waals surface area contributed by atoms with Crippen molar-refractivity contribution in [1.29, 1.82) is 0 Å². The van der Waals surface area contributed by atoms with Gasteiger partial charge in [-0.1, -0.05) is 52.9 Å². The van der Waals surface area contributed by atoms with E-state index < -0.39 is 5.82 Å². The number of carbonyl (C=O) groups is 1. The zero-order chi connectivity index (χ0) is 20.4. The topological polar surface area (TPSA) is 62.5 Å². The number of rotatable bonds is 6. The number of benzene rings is 2. The largest absolute Gasteiger partial charge is 0.355 e. The van der Waals surface area contributed by atoms with Gasteiger partial charge in [-0.15, -0.1) is 0 Å². The van der Waals surface area contributed by atoms with Crippen LogP contribution in [-0.2, 0) is 0 Å². The van der Waals surface area contributed by atoms with Gasteiger partial charge >= 0.3 is 0 Å². The fourth-order valence-corrected chi connectivity index (χ4v) is 3.86. The Morgan fingerprint density at radius 2 is 1.90 bits per heavy atom. The molecule has 4 rings (SSSR count). The maximum Gasteiger partial charge on any atom is 0.282 e. The Labute approximate surface area is 171 Å². The molecule has 0 saturated heterocycles. The second-order valence-electron chi connectivity index (χ2n) is 6.79. The highest BCUT2D eigenvalue weighted by atomic mass is 32.1. The first-order valence-corrected chi connectivity index (χ1v) is 9.88. The van der Waals surface area contributed by atoms with Crippen molar-refractivity contribution in [3.63, 3.8) is 0 Å². The van der Waals surface area contributed by atoms with Gasteiger partial charge in [0.25, 0.3) is 5.91 Å². The number of nitrogens with zero attached hydrogens (tertiary/aromatic N) is 4. The van der Waals surface area contributed by atoms with Gasteiger partial charge in [0.15, 0.2) is 16.6 Å². The molecule has 0 spiro atoms. The van der Waals surface area contributed by atoms with Gasteiger partial charge in [-0.25, -0.2) is 9.37 Å². The number of halogens is 1. The molecule has 0 aliphatic heterocycles. The van der Waals surface area contributed by atoms with Crippen LogP contribution in [0.25, 0.3) is 21.5 Å². The SMILES string of the molecule is CN(C)CCN(C(=O)c1cc(-c2ccccc2)on1)c1nc2c(F)cccc2s1. The van der Waals surface area contributed by atoms with Crippen molar-refractivity contribution in [2.24, 2.45) is 0 Å². The normalized spacial score (nSPS) is 11.3. The number of para-hydroxylation sites is 1. The van der Waals surface area contributed by atoms with E-state index in [4.69, 9.17) is 4.52 Å². The Morgan fingerprint density at radius 1 is 1.10 bits per heavy atom. The Kier molecular flexibility index (Phi) is 5.37. The lowest BCUT2D eigenvalue weighted by Gasteiger charge is -2.20. The summed E-state index contributed by atoms with van der Waals surface area (Å²) < 4.78 is 20.2. The average Bonchev–Trinajstić information content (AvgIpc) is 3.37. The van der Waals surface area contributed by atoms with Gasteiger partial charge in [-0.3, -0.25) is 9.69 Å². The number of aromatic nitrogens is 2. The van der Waals surface area contributed by atoms with Crippen molar-refractivity contribution in [2.75, 3.05) is 32.1 Å². The number of anilines is 1. The molecule has 0 fully saturated rings. The second kappa shape index (κ2) is 8.10. The minimum absolute atomic E-state index is 0.183. The number of amides is 1. The molecule has 148 valence electrons. The molecule has 2 aromatic heterocycles. The van der Waals surface area contributed by atoms with Gasteiger partial charge < -0.3 is 9.42 Å². The summed E-state index contributed by atoms with van der Waals surface area (Å²) in [4.78, 5) is 21.1. The van der Waals surface area contributed by atoms with Crippen molar-refractivity contribution in [3.8, 4) is 11.3 Å². The Hall–Kier alpha value is -3.10. The zero-order valence-electron chi connectivity index (χ0n) is 16.0. The van der Waals surface area contributed by atoms with E-state index in [1.807, 2.05) is 49.3 Å². The molecule has 0 aliphatic rings. The molecule has 0 saturated carbocycles. The second-order valence-corrected chi connectivity index (χ2v) is 7.79. The van der Waals surface area contributed by atoms with E-state index in [9.17, 15) is 9.18 Å². The van der Waals surface area contributed by atoms with Crippen molar-refractivity contribution in [2.45, 2.75) is 0 Å². The molecule has 29 heavy (non-hydrogen) atoms. The monoisotopic (exact) mass is 410 g/mol. The number of thiazole rings is 1. The molecule has 0 aliphatic carbocycles. The van der Waals surface area contributed by atoms with Crippen LogP contribution in [0.4, 0.5) is 9.52 Å². The molecule has 6 nitrogen and oxygen atoms in total. The van der Waals surface area contributed by atoms with Gasteiger partial charge in [-0.2, -0.15) is 0 Å². The molecule has 0 bridgehead atoms. The lowest BCUT2D eigenvalue weighted by molar-refractivity contribution is 0.0976. The van der Waals surface area contributed by atoms with E-state index in [-0.39, 0.29) is 17.1 Å². The maximum absolute atomic E-state index is 14.1. The lowest BCUT2D eigenvalue weighted by Crippen LogP contribution is -2.36. The molecule has 8 heteroatoms. The van der Waals surface area contributed by atoms with Crippen molar-refractivity contribution < 1.29 is 13.7 Å². The third kappa shape index (κ3) is 4.03. The summed E-state index contributed by atoms with van der Waals surface area (Å²) in [5, 5.41) is 4.39. The predicted molar refractivity (Wildman–Crippen MR) is 112 cm³/mol. The van der Waals surface area contributed by atoms with Gasteiger partial charge in [0.05, 0.1) is 4.70 Å². The third-order valence-corrected chi connectivity index (χ3v) is 5.44. The molecular weight excluding hydrogens is 391 g/mol. The highest BCUT2D eigenvalue weighted by Gasteiger charge is 2.25. The van der Waals surface area contributed by atoms with Crippen molar-refractivity contribution in [3.05, 3.63) is 66.1 Å². The van der Waals surface area contributed by atoms with E-state index in [1.165, 1.54) is 22.3 Å². The van der Waals surface area contributed by atoms with E-state index in [1.54, 1.807) is 18.2 Å². The highest BCUT2D eigenvalue weighted by molar-refractivity contribution is 7.22. The maximum atomic E-state index is 14.1. The number of likely N-dealkylation sites (N-methyl/N-ethyl adjacent to an activating group) is 1. The molecule has 2 aromatic carbocycles. The summed E-state index contributed by atoms with van der Waals surface area (Å²) in [6.07, 6.45) is 0. The Bertz CT molecular complexity index is 1140. The van der Waals surface area contributed by atoms with Crippen LogP contribution >= 0.6 is 11.3 Å². The Balaban J connectivity index is 1.68. The Morgan fingerprint density at radius 3 is 2.62 bits per heavy atom. The molecule has 0 atom stereocenters. The number of carbonyl (C=O) groups excluding carboxylic acids is 1. The van der Waals surface area contributed by atoms with Crippen LogP contribution in [0.5, 0.6) is 0 Å². The van der Waals surface area contributed by atoms with E-state index in [0.717, 1.165) is 5.56 Å². The minimum atomic E-state index is -0.405. The van der Waals surface area contributed by atoms with Crippen molar-refractivity contribution in [1.82, 2.24) is 15.0 Å². The molecule has 4 aromatic rings. The fraction of sp³-hybridized carbons (Fsp3) is 0.190. The van der Waals surface area contributed by atoms with Crippen LogP contribution in [0.1, 0.15) is 10.5 Å². The smallest absolute Gasteiger partial charge is 0.282 e. The van der Waals surface area contributed by atoms with E-state index >= 15 is 0 Å². The molecule has 0 N–H and O–H groups in total. The van der Waals surface area contributed by atoms with Gasteiger partial charge in [0, 0.05) is 24.7 Å². The summed E-state index contributed by atoms with van der Waals surface area (Å²) in [5.74, 6) is -0.230. The average molecular weight is 410 g/mol. The summed E-state index contributed by atoms with van der Waals surface area (Å²) in [6.45, 7) is 1.01. The molecule has 0 radical (unpaired) electrons. The van der Waals surface area contributed by atoms with E-state index in [0.29, 0.717) is 28.7 Å². The standard InChI is InChI=1S/C21H19FN4O2S/c1-25(2)11-12-26(21-23-19-15(22)9-6-10-18(19)29-21)20(27)16-13-17(28-24-16)14-7-4-3-5-8-14/h3-10,13H,11-12H2,1-2H3. The number of hydrogen-bond acceptors (Lipinski definition) is 6. The van der Waals surface area contributed by atoms with E-state index in [2.05, 4.69) is 10.1 Å². The number of hydrogen-bond donors (Lipinski definition) is 0. The first-order valence-electron chi connectivity index (χ1n) is 9.07. The van der Waals surface area contributed by atoms with Gasteiger partial charge in [0.1, 0.15) is 11.3 Å². The van der Waals surface area contributed by atoms with Crippen LogP contribution in [0.2, 0.25) is 0 Å². The first-order chi connectivity index (χ1) is 14.0. The minimum Gasteiger partial charge on any atom is -0.355 e. The predicted octanol–water partition coefficient (Wildman–Crippen LogP) is 4.30. The lowest BCUT2D eigenvalue weighted by atomic mass is 10.1. The van der Waals surface area contributed by atoms with Crippen molar-refractivity contribution >= 4 is 32.6 Å². The zero-order valence-corrected chi connectivity index (χ0v) is 16.8. The molecule has 2 heterocycles. The van der Waals surface area contributed by atoms with Gasteiger partial charge in [0.2, 0.25) is 0 Å². The van der Waals surface area contributed by atoms with Gasteiger partial charge in [-0.05, 0) is 26.2 Å². The molecule has 0 unspecified atom stereocenters.